The fourth-order valence-corrected chi connectivity index (χ4v) is 4.27. The molecule has 1 fully saturated rings. The molecule has 2 aromatic carbocycles. The molecule has 32 heavy (non-hydrogen) atoms. The number of aliphatic hydroxyl groups excluding tert-OH is 1. The molecule has 0 atom stereocenters. The molecule has 170 valence electrons. The first-order chi connectivity index (χ1) is 15.5. The summed E-state index contributed by atoms with van der Waals surface area (Å²) in [5.74, 6) is 0.745. The number of amides is 1. The van der Waals surface area contributed by atoms with Crippen LogP contribution in [-0.2, 0) is 0 Å². The predicted octanol–water partition coefficient (Wildman–Crippen LogP) is 2.53. The Morgan fingerprint density at radius 1 is 1.09 bits per heavy atom. The van der Waals surface area contributed by atoms with E-state index in [1.165, 1.54) is 0 Å². The van der Waals surface area contributed by atoms with Crippen molar-refractivity contribution in [2.45, 2.75) is 13.8 Å². The zero-order valence-corrected chi connectivity index (χ0v) is 18.7. The molecule has 4 rings (SSSR count). The number of rotatable bonds is 7. The van der Waals surface area contributed by atoms with E-state index in [-0.39, 0.29) is 18.3 Å². The largest absolute Gasteiger partial charge is 0.507 e. The maximum atomic E-state index is 13.0. The van der Waals surface area contributed by atoms with Crippen LogP contribution in [-0.4, -0.2) is 88.3 Å². The molecule has 0 unspecified atom stereocenters. The van der Waals surface area contributed by atoms with Crippen LogP contribution in [0, 0.1) is 0 Å². The zero-order chi connectivity index (χ0) is 22.7. The van der Waals surface area contributed by atoms with Crippen LogP contribution < -0.4 is 4.90 Å². The van der Waals surface area contributed by atoms with Crippen LogP contribution in [0.15, 0.2) is 36.4 Å². The van der Waals surface area contributed by atoms with Gasteiger partial charge < -0.3 is 25.0 Å². The van der Waals surface area contributed by atoms with Gasteiger partial charge in [0.2, 0.25) is 0 Å². The summed E-state index contributed by atoms with van der Waals surface area (Å²) in [5.41, 5.74) is 3.72. The molecule has 3 N–H and O–H groups in total. The van der Waals surface area contributed by atoms with E-state index in [1.54, 1.807) is 12.1 Å². The highest BCUT2D eigenvalue weighted by molar-refractivity contribution is 5.98. The number of aromatic hydroxyl groups is 1. The van der Waals surface area contributed by atoms with Crippen LogP contribution in [0.4, 0.5) is 5.69 Å². The number of H-pyrrole nitrogens is 1. The molecule has 1 amide bonds. The monoisotopic (exact) mass is 437 g/mol. The topological polar surface area (TPSA) is 95.9 Å². The van der Waals surface area contributed by atoms with E-state index in [2.05, 4.69) is 33.6 Å². The fraction of sp³-hybridized carbons (Fsp3) is 0.417. The first kappa shape index (κ1) is 22.1. The third kappa shape index (κ3) is 4.42. The first-order valence-corrected chi connectivity index (χ1v) is 11.2. The fourth-order valence-electron chi connectivity index (χ4n) is 4.27. The van der Waals surface area contributed by atoms with Crippen LogP contribution in [0.3, 0.4) is 0 Å². The number of aromatic nitrogens is 2. The normalized spacial score (nSPS) is 14.8. The maximum absolute atomic E-state index is 13.0. The lowest BCUT2D eigenvalue weighted by atomic mass is 10.1. The Bertz CT molecular complexity index is 1080. The second kappa shape index (κ2) is 9.58. The molecule has 3 aromatic rings. The van der Waals surface area contributed by atoms with Crippen LogP contribution in [0.2, 0.25) is 0 Å². The van der Waals surface area contributed by atoms with Gasteiger partial charge in [0.25, 0.3) is 5.91 Å². The lowest BCUT2D eigenvalue weighted by Gasteiger charge is -2.34. The quantitative estimate of drug-likeness (QED) is 0.526. The minimum atomic E-state index is -0.00174. The number of hydrogen-bond donors (Lipinski definition) is 3. The molecule has 0 radical (unpaired) electrons. The highest BCUT2D eigenvalue weighted by Gasteiger charge is 2.22. The van der Waals surface area contributed by atoms with E-state index >= 15 is 0 Å². The van der Waals surface area contributed by atoms with Crippen molar-refractivity contribution < 1.29 is 15.0 Å². The molecular weight excluding hydrogens is 406 g/mol. The number of nitrogens with zero attached hydrogens (tertiary/aromatic N) is 4. The van der Waals surface area contributed by atoms with Gasteiger partial charge in [-0.05, 0) is 44.2 Å². The average Bonchev–Trinajstić information content (AvgIpc) is 3.23. The van der Waals surface area contributed by atoms with Crippen molar-refractivity contribution >= 4 is 22.6 Å². The third-order valence-corrected chi connectivity index (χ3v) is 6.17. The van der Waals surface area contributed by atoms with Gasteiger partial charge in [-0.15, -0.1) is 0 Å². The van der Waals surface area contributed by atoms with Crippen LogP contribution in [0.5, 0.6) is 5.75 Å². The number of nitrogens with one attached hydrogen (secondary N) is 1. The summed E-state index contributed by atoms with van der Waals surface area (Å²) in [6.45, 7) is 9.53. The number of carbonyl (C=O) groups is 1. The first-order valence-electron chi connectivity index (χ1n) is 11.2. The maximum Gasteiger partial charge on any atom is 0.254 e. The molecule has 1 aliphatic rings. The van der Waals surface area contributed by atoms with Gasteiger partial charge in [-0.1, -0.05) is 0 Å². The summed E-state index contributed by atoms with van der Waals surface area (Å²) in [6, 6.07) is 11.1. The van der Waals surface area contributed by atoms with E-state index in [4.69, 9.17) is 5.11 Å². The zero-order valence-electron chi connectivity index (χ0n) is 18.7. The number of aliphatic hydroxyl groups is 1. The molecule has 1 aromatic heterocycles. The number of anilines is 1. The summed E-state index contributed by atoms with van der Waals surface area (Å²) >= 11 is 0. The average molecular weight is 438 g/mol. The number of fused-ring (bicyclic) bond motifs is 1. The van der Waals surface area contributed by atoms with Gasteiger partial charge in [-0.3, -0.25) is 9.69 Å². The van der Waals surface area contributed by atoms with Crippen molar-refractivity contribution in [3.05, 3.63) is 42.0 Å². The number of phenols is 1. The second-order valence-corrected chi connectivity index (χ2v) is 8.05. The Morgan fingerprint density at radius 3 is 2.50 bits per heavy atom. The number of piperazine rings is 1. The highest BCUT2D eigenvalue weighted by atomic mass is 16.3. The smallest absolute Gasteiger partial charge is 0.254 e. The Hall–Kier alpha value is -3.10. The van der Waals surface area contributed by atoms with E-state index < -0.39 is 0 Å². The van der Waals surface area contributed by atoms with Gasteiger partial charge >= 0.3 is 0 Å². The van der Waals surface area contributed by atoms with Crippen molar-refractivity contribution in [1.29, 1.82) is 0 Å². The molecule has 1 saturated heterocycles. The number of benzene rings is 2. The van der Waals surface area contributed by atoms with Gasteiger partial charge in [-0.25, -0.2) is 4.98 Å². The van der Waals surface area contributed by atoms with Crippen LogP contribution in [0.1, 0.15) is 24.2 Å². The number of β-amino-alcohol motifs (C(OH)–C–C–N with tert-alkyl or cyclic N) is 1. The molecule has 0 saturated carbocycles. The van der Waals surface area contributed by atoms with Crippen molar-refractivity contribution in [3.63, 3.8) is 0 Å². The van der Waals surface area contributed by atoms with Gasteiger partial charge in [-0.2, -0.15) is 0 Å². The molecule has 0 bridgehead atoms. The molecule has 8 nitrogen and oxygen atoms in total. The van der Waals surface area contributed by atoms with Gasteiger partial charge in [0.15, 0.2) is 0 Å². The molecule has 8 heteroatoms. The second-order valence-electron chi connectivity index (χ2n) is 8.05. The van der Waals surface area contributed by atoms with E-state index in [1.807, 2.05) is 29.2 Å². The number of aromatic amines is 1. The number of carbonyl (C=O) groups excluding carboxylic acids is 1. The van der Waals surface area contributed by atoms with E-state index in [9.17, 15) is 9.90 Å². The van der Waals surface area contributed by atoms with Gasteiger partial charge in [0.05, 0.1) is 23.2 Å². The summed E-state index contributed by atoms with van der Waals surface area (Å²) in [5, 5.41) is 19.7. The Morgan fingerprint density at radius 2 is 1.84 bits per heavy atom. The third-order valence-electron chi connectivity index (χ3n) is 6.17. The molecule has 0 aliphatic carbocycles. The SMILES string of the molecule is CCN(CC)c1ccc(-c2nc3ccc(C(=O)N4CCN(CCO)CC4)cc3[nH]2)c(O)c1. The Balaban J connectivity index is 1.54. The van der Waals surface area contributed by atoms with Crippen LogP contribution in [0.25, 0.3) is 22.4 Å². The van der Waals surface area contributed by atoms with Crippen molar-refractivity contribution in [1.82, 2.24) is 19.8 Å². The van der Waals surface area contributed by atoms with Crippen molar-refractivity contribution in [2.24, 2.45) is 0 Å². The predicted molar refractivity (Wildman–Crippen MR) is 126 cm³/mol. The van der Waals surface area contributed by atoms with Gasteiger partial charge in [0, 0.05) is 63.1 Å². The van der Waals surface area contributed by atoms with Crippen molar-refractivity contribution in [2.75, 3.05) is 57.3 Å². The molecule has 1 aliphatic heterocycles. The van der Waals surface area contributed by atoms with Crippen LogP contribution >= 0.6 is 0 Å². The molecule has 2 heterocycles. The summed E-state index contributed by atoms with van der Waals surface area (Å²) < 4.78 is 0. The molecular formula is C24H31N5O3. The number of hydrogen-bond acceptors (Lipinski definition) is 6. The Kier molecular flexibility index (Phi) is 6.62. The van der Waals surface area contributed by atoms with E-state index in [0.29, 0.717) is 36.6 Å². The lowest BCUT2D eigenvalue weighted by molar-refractivity contribution is 0.0615. The van der Waals surface area contributed by atoms with E-state index in [0.717, 1.165) is 42.9 Å². The number of phenolic OH excluding ortho intramolecular Hbond substituents is 1. The summed E-state index contributed by atoms with van der Waals surface area (Å²) in [7, 11) is 0. The summed E-state index contributed by atoms with van der Waals surface area (Å²) in [4.78, 5) is 27.0. The Labute approximate surface area is 188 Å². The minimum Gasteiger partial charge on any atom is -0.507 e. The molecule has 0 spiro atoms. The van der Waals surface area contributed by atoms with Crippen molar-refractivity contribution in [3.8, 4) is 17.1 Å². The standard InChI is InChI=1S/C24H31N5O3/c1-3-28(4-2)18-6-7-19(22(31)16-18)23-25-20-8-5-17(15-21(20)26-23)24(32)29-11-9-27(10-12-29)13-14-30/h5-8,15-16,30-31H,3-4,9-14H2,1-2H3,(H,25,26). The minimum absolute atomic E-state index is 0.00174. The summed E-state index contributed by atoms with van der Waals surface area (Å²) in [6.07, 6.45) is 0. The lowest BCUT2D eigenvalue weighted by Crippen LogP contribution is -2.49. The van der Waals surface area contributed by atoms with Gasteiger partial charge in [0.1, 0.15) is 11.6 Å². The highest BCUT2D eigenvalue weighted by Crippen LogP contribution is 2.32. The number of imidazole rings is 1.